The molecule has 2 aromatic carbocycles. The van der Waals surface area contributed by atoms with E-state index in [-0.39, 0.29) is 11.7 Å². The first-order valence-electron chi connectivity index (χ1n) is 7.02. The molecule has 1 N–H and O–H groups in total. The van der Waals surface area contributed by atoms with Gasteiger partial charge in [0, 0.05) is 11.5 Å². The average molecular weight is 278 g/mol. The summed E-state index contributed by atoms with van der Waals surface area (Å²) in [5, 5.41) is 13.7. The number of fused-ring (bicyclic) bond motifs is 1. The van der Waals surface area contributed by atoms with Crippen LogP contribution in [0.4, 0.5) is 0 Å². The molecule has 0 saturated carbocycles. The third kappa shape index (κ3) is 2.09. The fourth-order valence-electron chi connectivity index (χ4n) is 2.96. The van der Waals surface area contributed by atoms with Gasteiger partial charge < -0.3 is 9.63 Å². The molecule has 0 saturated heterocycles. The maximum absolute atomic E-state index is 9.53. The van der Waals surface area contributed by atoms with Crippen LogP contribution in [0.25, 0.3) is 11.5 Å². The second kappa shape index (κ2) is 4.74. The first-order chi connectivity index (χ1) is 10.3. The highest BCUT2D eigenvalue weighted by atomic mass is 16.5. The molecule has 0 bridgehead atoms. The molecular weight excluding hydrogens is 264 g/mol. The first-order valence-corrected chi connectivity index (χ1v) is 7.02. The smallest absolute Gasteiger partial charge is 0.258 e. The molecule has 0 amide bonds. The molecule has 1 unspecified atom stereocenters. The van der Waals surface area contributed by atoms with E-state index < -0.39 is 0 Å². The van der Waals surface area contributed by atoms with E-state index in [1.807, 2.05) is 12.1 Å². The highest BCUT2D eigenvalue weighted by Gasteiger charge is 2.27. The molecule has 0 spiro atoms. The van der Waals surface area contributed by atoms with Crippen molar-refractivity contribution in [1.82, 2.24) is 10.1 Å². The molecule has 0 fully saturated rings. The molecule has 0 radical (unpaired) electrons. The maximum atomic E-state index is 9.53. The SMILES string of the molecule is Oc1cccc(-c2nc(C3CCc4ccccc43)no2)c1. The van der Waals surface area contributed by atoms with Crippen LogP contribution >= 0.6 is 0 Å². The molecule has 4 nitrogen and oxygen atoms in total. The van der Waals surface area contributed by atoms with Gasteiger partial charge in [-0.05, 0) is 42.2 Å². The van der Waals surface area contributed by atoms with Crippen molar-refractivity contribution in [2.75, 3.05) is 0 Å². The van der Waals surface area contributed by atoms with Crippen molar-refractivity contribution in [2.24, 2.45) is 0 Å². The maximum Gasteiger partial charge on any atom is 0.258 e. The van der Waals surface area contributed by atoms with Gasteiger partial charge in [0.2, 0.25) is 0 Å². The van der Waals surface area contributed by atoms with E-state index in [2.05, 4.69) is 28.3 Å². The lowest BCUT2D eigenvalue weighted by Crippen LogP contribution is -1.98. The second-order valence-electron chi connectivity index (χ2n) is 5.30. The van der Waals surface area contributed by atoms with Gasteiger partial charge in [0.05, 0.1) is 0 Å². The zero-order valence-electron chi connectivity index (χ0n) is 11.4. The van der Waals surface area contributed by atoms with E-state index >= 15 is 0 Å². The number of benzene rings is 2. The summed E-state index contributed by atoms with van der Waals surface area (Å²) in [4.78, 5) is 4.51. The number of hydrogen-bond acceptors (Lipinski definition) is 4. The molecule has 1 atom stereocenters. The molecule has 1 aromatic heterocycles. The summed E-state index contributed by atoms with van der Waals surface area (Å²) in [6.45, 7) is 0. The molecule has 104 valence electrons. The first kappa shape index (κ1) is 12.1. The number of hydrogen-bond donors (Lipinski definition) is 1. The van der Waals surface area contributed by atoms with Crippen molar-refractivity contribution < 1.29 is 9.63 Å². The Labute approximate surface area is 122 Å². The van der Waals surface area contributed by atoms with Crippen LogP contribution in [0.2, 0.25) is 0 Å². The topological polar surface area (TPSA) is 59.2 Å². The van der Waals surface area contributed by atoms with Gasteiger partial charge in [-0.2, -0.15) is 4.98 Å². The molecule has 3 aromatic rings. The van der Waals surface area contributed by atoms with Crippen LogP contribution in [0, 0.1) is 0 Å². The van der Waals surface area contributed by atoms with Crippen molar-refractivity contribution in [3.63, 3.8) is 0 Å². The normalized spacial score (nSPS) is 16.9. The van der Waals surface area contributed by atoms with Gasteiger partial charge in [0.1, 0.15) is 5.75 Å². The van der Waals surface area contributed by atoms with Gasteiger partial charge >= 0.3 is 0 Å². The van der Waals surface area contributed by atoms with Crippen molar-refractivity contribution in [1.29, 1.82) is 0 Å². The van der Waals surface area contributed by atoms with E-state index in [0.29, 0.717) is 5.89 Å². The Morgan fingerprint density at radius 3 is 2.90 bits per heavy atom. The van der Waals surface area contributed by atoms with Crippen molar-refractivity contribution >= 4 is 0 Å². The van der Waals surface area contributed by atoms with Crippen molar-refractivity contribution in [3.8, 4) is 17.2 Å². The van der Waals surface area contributed by atoms with Crippen LogP contribution in [0.15, 0.2) is 53.1 Å². The number of aromatic hydroxyl groups is 1. The van der Waals surface area contributed by atoms with Gasteiger partial charge in [-0.25, -0.2) is 0 Å². The summed E-state index contributed by atoms with van der Waals surface area (Å²) in [5.74, 6) is 1.57. The summed E-state index contributed by atoms with van der Waals surface area (Å²) in [6.07, 6.45) is 2.06. The summed E-state index contributed by atoms with van der Waals surface area (Å²) in [6, 6.07) is 15.3. The Balaban J connectivity index is 1.70. The highest BCUT2D eigenvalue weighted by molar-refractivity contribution is 5.55. The number of phenols is 1. The fraction of sp³-hybridized carbons (Fsp3) is 0.176. The van der Waals surface area contributed by atoms with Crippen LogP contribution in [0.5, 0.6) is 5.75 Å². The van der Waals surface area contributed by atoms with Gasteiger partial charge in [0.25, 0.3) is 5.89 Å². The minimum Gasteiger partial charge on any atom is -0.508 e. The molecule has 0 aliphatic heterocycles. The lowest BCUT2D eigenvalue weighted by molar-refractivity contribution is 0.418. The number of aryl methyl sites for hydroxylation is 1. The molecule has 21 heavy (non-hydrogen) atoms. The van der Waals surface area contributed by atoms with Crippen LogP contribution in [0.1, 0.15) is 29.3 Å². The van der Waals surface area contributed by atoms with E-state index in [0.717, 1.165) is 24.2 Å². The predicted molar refractivity (Wildman–Crippen MR) is 78.0 cm³/mol. The standard InChI is InChI=1S/C17H14N2O2/c20-13-6-3-5-12(10-13)17-18-16(19-21-17)15-9-8-11-4-1-2-7-14(11)15/h1-7,10,15,20H,8-9H2. The van der Waals surface area contributed by atoms with Crippen LogP contribution in [0.3, 0.4) is 0 Å². The number of nitrogens with zero attached hydrogens (tertiary/aromatic N) is 2. The number of aromatic nitrogens is 2. The monoisotopic (exact) mass is 278 g/mol. The molecular formula is C17H14N2O2. The Hall–Kier alpha value is -2.62. The molecule has 1 aliphatic carbocycles. The molecule has 4 rings (SSSR count). The summed E-state index contributed by atoms with van der Waals surface area (Å²) in [7, 11) is 0. The summed E-state index contributed by atoms with van der Waals surface area (Å²) in [5.41, 5.74) is 3.40. The summed E-state index contributed by atoms with van der Waals surface area (Å²) >= 11 is 0. The third-order valence-corrected chi connectivity index (χ3v) is 3.98. The largest absolute Gasteiger partial charge is 0.508 e. The lowest BCUT2D eigenvalue weighted by atomic mass is 10.0. The van der Waals surface area contributed by atoms with Crippen molar-refractivity contribution in [2.45, 2.75) is 18.8 Å². The molecule has 1 heterocycles. The minimum atomic E-state index is 0.193. The highest BCUT2D eigenvalue weighted by Crippen LogP contribution is 2.37. The third-order valence-electron chi connectivity index (χ3n) is 3.98. The average Bonchev–Trinajstić information content (AvgIpc) is 3.14. The van der Waals surface area contributed by atoms with Gasteiger partial charge in [0.15, 0.2) is 5.82 Å². The summed E-state index contributed by atoms with van der Waals surface area (Å²) < 4.78 is 5.36. The van der Waals surface area contributed by atoms with E-state index in [1.165, 1.54) is 11.1 Å². The Morgan fingerprint density at radius 1 is 1.10 bits per heavy atom. The molecule has 4 heteroatoms. The van der Waals surface area contributed by atoms with E-state index in [4.69, 9.17) is 4.52 Å². The zero-order valence-corrected chi connectivity index (χ0v) is 11.4. The quantitative estimate of drug-likeness (QED) is 0.779. The second-order valence-corrected chi connectivity index (χ2v) is 5.30. The van der Waals surface area contributed by atoms with Crippen LogP contribution in [-0.2, 0) is 6.42 Å². The van der Waals surface area contributed by atoms with E-state index in [1.54, 1.807) is 18.2 Å². The van der Waals surface area contributed by atoms with Gasteiger partial charge in [-0.3, -0.25) is 0 Å². The van der Waals surface area contributed by atoms with Crippen molar-refractivity contribution in [3.05, 3.63) is 65.5 Å². The lowest BCUT2D eigenvalue weighted by Gasteiger charge is -2.05. The van der Waals surface area contributed by atoms with E-state index in [9.17, 15) is 5.11 Å². The zero-order chi connectivity index (χ0) is 14.2. The predicted octanol–water partition coefficient (Wildman–Crippen LogP) is 3.52. The molecule has 1 aliphatic rings. The van der Waals surface area contributed by atoms with Gasteiger partial charge in [-0.15, -0.1) is 0 Å². The fourth-order valence-corrected chi connectivity index (χ4v) is 2.96. The minimum absolute atomic E-state index is 0.193. The Bertz CT molecular complexity index is 795. The van der Waals surface area contributed by atoms with Crippen LogP contribution < -0.4 is 0 Å². The Morgan fingerprint density at radius 2 is 2.00 bits per heavy atom. The Kier molecular flexibility index (Phi) is 2.74. The van der Waals surface area contributed by atoms with Crippen LogP contribution in [-0.4, -0.2) is 15.2 Å². The number of phenolic OH excluding ortho intramolecular Hbond substituents is 1. The number of rotatable bonds is 2. The van der Waals surface area contributed by atoms with Gasteiger partial charge in [-0.1, -0.05) is 35.5 Å².